The first-order valence-corrected chi connectivity index (χ1v) is 6.11. The second kappa shape index (κ2) is 7.20. The van der Waals surface area contributed by atoms with Crippen molar-refractivity contribution in [2.24, 2.45) is 5.92 Å². The summed E-state index contributed by atoms with van der Waals surface area (Å²) in [5, 5.41) is 0. The predicted molar refractivity (Wildman–Crippen MR) is 61.8 cm³/mol. The first-order chi connectivity index (χ1) is 8.49. The minimum Gasteiger partial charge on any atom is -0.431 e. The van der Waals surface area contributed by atoms with Gasteiger partial charge >= 0.3 is 12.1 Å². The van der Waals surface area contributed by atoms with Crippen molar-refractivity contribution >= 4 is 12.1 Å². The van der Waals surface area contributed by atoms with Crippen LogP contribution in [-0.2, 0) is 23.7 Å². The topological polar surface area (TPSA) is 71.1 Å². The minimum absolute atomic E-state index is 0.129. The molecule has 1 aliphatic rings. The first-order valence-electron chi connectivity index (χ1n) is 6.11. The molecule has 0 aromatic heterocycles. The third-order valence-corrected chi connectivity index (χ3v) is 2.47. The van der Waals surface area contributed by atoms with E-state index in [-0.39, 0.29) is 12.0 Å². The van der Waals surface area contributed by atoms with E-state index in [2.05, 4.69) is 0 Å². The Morgan fingerprint density at radius 3 is 2.28 bits per heavy atom. The Hall–Kier alpha value is -1.30. The van der Waals surface area contributed by atoms with Gasteiger partial charge in [-0.05, 0) is 0 Å². The summed E-state index contributed by atoms with van der Waals surface area (Å²) in [5.74, 6) is -0.622. The van der Waals surface area contributed by atoms with E-state index in [1.165, 1.54) is 6.92 Å². The Labute approximate surface area is 107 Å². The van der Waals surface area contributed by atoms with Gasteiger partial charge in [0.25, 0.3) is 6.29 Å². The van der Waals surface area contributed by atoms with Crippen molar-refractivity contribution in [3.63, 3.8) is 0 Å². The average Bonchev–Trinajstić information content (AvgIpc) is 2.28. The lowest BCUT2D eigenvalue weighted by molar-refractivity contribution is -0.178. The van der Waals surface area contributed by atoms with Crippen LogP contribution in [0.4, 0.5) is 4.79 Å². The fourth-order valence-electron chi connectivity index (χ4n) is 1.51. The van der Waals surface area contributed by atoms with Crippen molar-refractivity contribution < 1.29 is 28.5 Å². The molecule has 1 saturated heterocycles. The van der Waals surface area contributed by atoms with Crippen LogP contribution in [0.2, 0.25) is 0 Å². The zero-order valence-electron chi connectivity index (χ0n) is 11.0. The molecule has 0 spiro atoms. The summed E-state index contributed by atoms with van der Waals surface area (Å²) in [5.41, 5.74) is 0. The van der Waals surface area contributed by atoms with Crippen molar-refractivity contribution in [3.8, 4) is 0 Å². The summed E-state index contributed by atoms with van der Waals surface area (Å²) in [6.45, 7) is 6.00. The largest absolute Gasteiger partial charge is 0.511 e. The lowest BCUT2D eigenvalue weighted by Crippen LogP contribution is -2.32. The van der Waals surface area contributed by atoms with Crippen LogP contribution in [0.15, 0.2) is 0 Å². The van der Waals surface area contributed by atoms with E-state index in [1.807, 2.05) is 0 Å². The zero-order chi connectivity index (χ0) is 13.5. The first kappa shape index (κ1) is 14.8. The third-order valence-electron chi connectivity index (χ3n) is 2.47. The van der Waals surface area contributed by atoms with E-state index < -0.39 is 18.4 Å². The Morgan fingerprint density at radius 2 is 1.78 bits per heavy atom. The molecule has 104 valence electrons. The van der Waals surface area contributed by atoms with Gasteiger partial charge in [0.05, 0.1) is 13.2 Å². The van der Waals surface area contributed by atoms with Crippen molar-refractivity contribution in [1.82, 2.24) is 0 Å². The van der Waals surface area contributed by atoms with Crippen LogP contribution in [-0.4, -0.2) is 37.7 Å². The molecule has 1 unspecified atom stereocenters. The highest BCUT2D eigenvalue weighted by Crippen LogP contribution is 2.14. The van der Waals surface area contributed by atoms with Gasteiger partial charge in [-0.2, -0.15) is 0 Å². The fraction of sp³-hybridized carbons (Fsp3) is 0.833. The molecule has 1 atom stereocenters. The Balaban J connectivity index is 2.37. The van der Waals surface area contributed by atoms with Crippen LogP contribution in [0.3, 0.4) is 0 Å². The van der Waals surface area contributed by atoms with Crippen LogP contribution in [0.5, 0.6) is 0 Å². The Morgan fingerprint density at radius 1 is 1.17 bits per heavy atom. The van der Waals surface area contributed by atoms with Crippen LogP contribution in [0.1, 0.15) is 33.6 Å². The van der Waals surface area contributed by atoms with Crippen LogP contribution in [0, 0.1) is 5.92 Å². The lowest BCUT2D eigenvalue weighted by Gasteiger charge is -2.24. The normalized spacial score (nSPS) is 18.2. The van der Waals surface area contributed by atoms with Crippen molar-refractivity contribution in [3.05, 3.63) is 0 Å². The molecule has 1 aliphatic heterocycles. The molecule has 6 heteroatoms. The van der Waals surface area contributed by atoms with Gasteiger partial charge in [0.15, 0.2) is 0 Å². The summed E-state index contributed by atoms with van der Waals surface area (Å²) in [6.07, 6.45) is -0.572. The smallest absolute Gasteiger partial charge is 0.431 e. The molecule has 0 aromatic carbocycles. The third kappa shape index (κ3) is 5.35. The van der Waals surface area contributed by atoms with Gasteiger partial charge < -0.3 is 18.9 Å². The van der Waals surface area contributed by atoms with E-state index in [9.17, 15) is 9.59 Å². The molecule has 0 saturated carbocycles. The predicted octanol–water partition coefficient (Wildman–Crippen LogP) is 1.86. The van der Waals surface area contributed by atoms with Crippen molar-refractivity contribution in [2.45, 2.75) is 46.0 Å². The number of carbonyl (C=O) groups is 2. The number of carbonyl (C=O) groups excluding carboxylic acids is 2. The minimum atomic E-state index is -0.908. The number of esters is 1. The molecule has 0 amide bonds. The molecule has 0 N–H and O–H groups in total. The SMILES string of the molecule is CC(=O)OC(OC(=O)OC1CCOCC1)C(C)C. The van der Waals surface area contributed by atoms with Gasteiger partial charge in [-0.3, -0.25) is 4.79 Å². The van der Waals surface area contributed by atoms with Gasteiger partial charge in [0, 0.05) is 25.7 Å². The highest BCUT2D eigenvalue weighted by Gasteiger charge is 2.25. The quantitative estimate of drug-likeness (QED) is 0.567. The molecule has 0 aromatic rings. The van der Waals surface area contributed by atoms with Gasteiger partial charge in [-0.1, -0.05) is 13.8 Å². The highest BCUT2D eigenvalue weighted by molar-refractivity contribution is 5.66. The molecule has 18 heavy (non-hydrogen) atoms. The summed E-state index contributed by atoms with van der Waals surface area (Å²) in [6, 6.07) is 0. The fourth-order valence-corrected chi connectivity index (χ4v) is 1.51. The molecule has 6 nitrogen and oxygen atoms in total. The summed E-state index contributed by atoms with van der Waals surface area (Å²) in [7, 11) is 0. The summed E-state index contributed by atoms with van der Waals surface area (Å²) >= 11 is 0. The molecule has 0 radical (unpaired) electrons. The second-order valence-electron chi connectivity index (χ2n) is 4.52. The number of hydrogen-bond donors (Lipinski definition) is 0. The average molecular weight is 260 g/mol. The summed E-state index contributed by atoms with van der Waals surface area (Å²) in [4.78, 5) is 22.4. The van der Waals surface area contributed by atoms with E-state index in [0.29, 0.717) is 26.1 Å². The van der Waals surface area contributed by atoms with Crippen LogP contribution in [0.25, 0.3) is 0 Å². The number of rotatable bonds is 4. The van der Waals surface area contributed by atoms with Crippen LogP contribution >= 0.6 is 0 Å². The Bertz CT molecular complexity index is 282. The number of ether oxygens (including phenoxy) is 4. The maximum absolute atomic E-state index is 11.5. The van der Waals surface area contributed by atoms with Crippen LogP contribution < -0.4 is 0 Å². The molecular weight excluding hydrogens is 240 g/mol. The molecule has 1 rings (SSSR count). The molecule has 1 heterocycles. The molecule has 0 bridgehead atoms. The zero-order valence-corrected chi connectivity index (χ0v) is 11.0. The monoisotopic (exact) mass is 260 g/mol. The van der Waals surface area contributed by atoms with Gasteiger partial charge in [0.2, 0.25) is 0 Å². The maximum Gasteiger partial charge on any atom is 0.511 e. The maximum atomic E-state index is 11.5. The van der Waals surface area contributed by atoms with E-state index in [4.69, 9.17) is 18.9 Å². The highest BCUT2D eigenvalue weighted by atomic mass is 16.8. The standard InChI is InChI=1S/C12H20O6/c1-8(2)11(16-9(3)13)18-12(14)17-10-4-6-15-7-5-10/h8,10-11H,4-7H2,1-3H3. The Kier molecular flexibility index (Phi) is 5.91. The van der Waals surface area contributed by atoms with Crippen molar-refractivity contribution in [1.29, 1.82) is 0 Å². The van der Waals surface area contributed by atoms with E-state index in [1.54, 1.807) is 13.8 Å². The second-order valence-corrected chi connectivity index (χ2v) is 4.52. The lowest BCUT2D eigenvalue weighted by atomic mass is 10.2. The van der Waals surface area contributed by atoms with Gasteiger partial charge in [0.1, 0.15) is 6.10 Å². The number of hydrogen-bond acceptors (Lipinski definition) is 6. The molecular formula is C12H20O6. The molecule has 1 fully saturated rings. The van der Waals surface area contributed by atoms with Crippen molar-refractivity contribution in [2.75, 3.05) is 13.2 Å². The molecule has 0 aliphatic carbocycles. The van der Waals surface area contributed by atoms with Gasteiger partial charge in [-0.25, -0.2) is 4.79 Å². The van der Waals surface area contributed by atoms with Gasteiger partial charge in [-0.15, -0.1) is 0 Å². The van der Waals surface area contributed by atoms with E-state index in [0.717, 1.165) is 0 Å². The summed E-state index contributed by atoms with van der Waals surface area (Å²) < 4.78 is 20.1. The van der Waals surface area contributed by atoms with E-state index >= 15 is 0 Å².